The van der Waals surface area contributed by atoms with Crippen LogP contribution in [0.2, 0.25) is 0 Å². The van der Waals surface area contributed by atoms with Gasteiger partial charge in [0.05, 0.1) is 17.2 Å². The van der Waals surface area contributed by atoms with E-state index in [1.807, 2.05) is 5.32 Å². The van der Waals surface area contributed by atoms with E-state index in [-0.39, 0.29) is 29.5 Å². The van der Waals surface area contributed by atoms with Crippen LogP contribution >= 0.6 is 0 Å². The molecule has 0 unspecified atom stereocenters. The molecule has 40 heavy (non-hydrogen) atoms. The number of anilines is 1. The number of rotatable bonds is 8. The predicted octanol–water partition coefficient (Wildman–Crippen LogP) is 4.42. The van der Waals surface area contributed by atoms with E-state index in [4.69, 9.17) is 9.47 Å². The lowest BCUT2D eigenvalue weighted by Crippen LogP contribution is -2.54. The molecule has 4 rings (SSSR count). The van der Waals surface area contributed by atoms with Gasteiger partial charge in [-0.15, -0.1) is 0 Å². The van der Waals surface area contributed by atoms with Crippen molar-refractivity contribution >= 4 is 47.3 Å². The molecule has 3 aromatic carbocycles. The fraction of sp³-hybridized carbons (Fsp3) is 0.0714. The zero-order valence-electron chi connectivity index (χ0n) is 20.8. The number of hydrogen-bond acceptors (Lipinski definition) is 8. The summed E-state index contributed by atoms with van der Waals surface area (Å²) in [6.45, 7) is 1.89. The van der Waals surface area contributed by atoms with E-state index in [1.54, 1.807) is 6.92 Å². The van der Waals surface area contributed by atoms with E-state index < -0.39 is 40.1 Å². The Morgan fingerprint density at radius 3 is 2.40 bits per heavy atom. The molecule has 12 heteroatoms. The molecular formula is C28H20FN3O8. The molecule has 0 atom stereocenters. The van der Waals surface area contributed by atoms with Crippen LogP contribution in [-0.4, -0.2) is 35.3 Å². The summed E-state index contributed by atoms with van der Waals surface area (Å²) in [4.78, 5) is 61.0. The minimum Gasteiger partial charge on any atom is -0.490 e. The monoisotopic (exact) mass is 545 g/mol. The fourth-order valence-corrected chi connectivity index (χ4v) is 3.66. The molecule has 11 nitrogen and oxygen atoms in total. The van der Waals surface area contributed by atoms with Crippen LogP contribution in [0, 0.1) is 15.9 Å². The third-order valence-electron chi connectivity index (χ3n) is 5.50. The first-order valence-electron chi connectivity index (χ1n) is 11.7. The predicted molar refractivity (Wildman–Crippen MR) is 141 cm³/mol. The molecule has 1 aliphatic heterocycles. The van der Waals surface area contributed by atoms with Crippen molar-refractivity contribution < 1.29 is 38.0 Å². The van der Waals surface area contributed by atoms with E-state index >= 15 is 0 Å². The Labute approximate surface area is 226 Å². The Kier molecular flexibility index (Phi) is 8.09. The molecule has 1 fully saturated rings. The zero-order valence-corrected chi connectivity index (χ0v) is 20.8. The van der Waals surface area contributed by atoms with E-state index in [2.05, 4.69) is 0 Å². The zero-order chi connectivity index (χ0) is 28.8. The lowest BCUT2D eigenvalue weighted by Gasteiger charge is -2.26. The molecule has 1 N–H and O–H groups in total. The molecule has 1 saturated heterocycles. The van der Waals surface area contributed by atoms with E-state index in [1.165, 1.54) is 72.8 Å². The number of non-ortho nitro benzene ring substituents is 1. The maximum atomic E-state index is 14.3. The number of nitro benzene ring substituents is 1. The highest BCUT2D eigenvalue weighted by Crippen LogP contribution is 2.31. The number of imide groups is 2. The van der Waals surface area contributed by atoms with Crippen LogP contribution in [-0.2, 0) is 14.4 Å². The van der Waals surface area contributed by atoms with Gasteiger partial charge in [-0.1, -0.05) is 18.2 Å². The van der Waals surface area contributed by atoms with Gasteiger partial charge in [0, 0.05) is 18.2 Å². The SMILES string of the molecule is CCOc1cc(/C=C2\C(=O)NC(=O)N(c3ccccc3F)C2=O)ccc1OC(=O)/C=C/c1ccc([N+](=O)[O-])cc1. The summed E-state index contributed by atoms with van der Waals surface area (Å²) in [7, 11) is 0. The van der Waals surface area contributed by atoms with Gasteiger partial charge < -0.3 is 9.47 Å². The van der Waals surface area contributed by atoms with E-state index in [0.29, 0.717) is 16.0 Å². The van der Waals surface area contributed by atoms with Crippen LogP contribution < -0.4 is 19.7 Å². The van der Waals surface area contributed by atoms with Crippen LogP contribution in [0.25, 0.3) is 12.2 Å². The van der Waals surface area contributed by atoms with Crippen molar-refractivity contribution in [2.75, 3.05) is 11.5 Å². The number of nitro groups is 1. The number of nitrogens with one attached hydrogen (secondary N) is 1. The van der Waals surface area contributed by atoms with E-state index in [9.17, 15) is 33.7 Å². The molecule has 0 radical (unpaired) electrons. The minimum atomic E-state index is -1.09. The van der Waals surface area contributed by atoms with Crippen molar-refractivity contribution in [1.82, 2.24) is 5.32 Å². The molecule has 0 aliphatic carbocycles. The smallest absolute Gasteiger partial charge is 0.336 e. The lowest BCUT2D eigenvalue weighted by atomic mass is 10.1. The van der Waals surface area contributed by atoms with Crippen LogP contribution in [0.3, 0.4) is 0 Å². The summed E-state index contributed by atoms with van der Waals surface area (Å²) in [6.07, 6.45) is 3.74. The quantitative estimate of drug-likeness (QED) is 0.109. The highest BCUT2D eigenvalue weighted by Gasteiger charge is 2.38. The Balaban J connectivity index is 1.56. The fourth-order valence-electron chi connectivity index (χ4n) is 3.66. The first-order valence-corrected chi connectivity index (χ1v) is 11.7. The van der Waals surface area contributed by atoms with Crippen molar-refractivity contribution in [2.45, 2.75) is 6.92 Å². The van der Waals surface area contributed by atoms with Gasteiger partial charge in [0.25, 0.3) is 17.5 Å². The number of halogens is 1. The number of barbiturate groups is 1. The molecule has 3 aromatic rings. The average molecular weight is 545 g/mol. The third-order valence-corrected chi connectivity index (χ3v) is 5.50. The molecule has 0 bridgehead atoms. The molecule has 1 aliphatic rings. The Bertz CT molecular complexity index is 1580. The number of amides is 4. The number of ether oxygens (including phenoxy) is 2. The second-order valence-electron chi connectivity index (χ2n) is 8.15. The standard InChI is InChI=1S/C28H20FN3O8/c1-2-39-24-16-18(9-13-23(24)40-25(33)14-10-17-7-11-19(12-8-17)32(37)38)15-20-26(34)30-28(36)31(27(20)35)22-6-4-3-5-21(22)29/h3-16H,2H2,1H3,(H,30,34,36)/b14-10+,20-15+. The average Bonchev–Trinajstić information content (AvgIpc) is 2.92. The number of carbonyl (C=O) groups is 4. The Morgan fingerprint density at radius 1 is 1.02 bits per heavy atom. The summed E-state index contributed by atoms with van der Waals surface area (Å²) in [6, 6.07) is 13.8. The second-order valence-corrected chi connectivity index (χ2v) is 8.15. The van der Waals surface area contributed by atoms with Gasteiger partial charge in [-0.3, -0.25) is 25.0 Å². The third kappa shape index (κ3) is 6.07. The largest absolute Gasteiger partial charge is 0.490 e. The summed E-state index contributed by atoms with van der Waals surface area (Å²) in [5, 5.41) is 12.8. The van der Waals surface area contributed by atoms with Crippen LogP contribution in [0.4, 0.5) is 20.6 Å². The Morgan fingerprint density at radius 2 is 1.73 bits per heavy atom. The number of hydrogen-bond donors (Lipinski definition) is 1. The van der Waals surface area contributed by atoms with Gasteiger partial charge in [-0.2, -0.15) is 0 Å². The van der Waals surface area contributed by atoms with Crippen LogP contribution in [0.15, 0.2) is 78.4 Å². The summed E-state index contributed by atoms with van der Waals surface area (Å²) < 4.78 is 25.2. The highest BCUT2D eigenvalue weighted by atomic mass is 19.1. The number of nitrogens with zero attached hydrogens (tertiary/aromatic N) is 2. The molecule has 1 heterocycles. The first kappa shape index (κ1) is 27.4. The van der Waals surface area contributed by atoms with Crippen molar-refractivity contribution in [1.29, 1.82) is 0 Å². The normalized spacial score (nSPS) is 14.4. The summed E-state index contributed by atoms with van der Waals surface area (Å²) in [5.74, 6) is -3.40. The molecule has 4 amide bonds. The Hall–Kier alpha value is -5.65. The topological polar surface area (TPSA) is 145 Å². The molecule has 0 saturated carbocycles. The number of esters is 1. The van der Waals surface area contributed by atoms with Gasteiger partial charge in [-0.05, 0) is 66.6 Å². The second kappa shape index (κ2) is 11.8. The van der Waals surface area contributed by atoms with Gasteiger partial charge in [0.15, 0.2) is 11.5 Å². The maximum Gasteiger partial charge on any atom is 0.336 e. The van der Waals surface area contributed by atoms with Gasteiger partial charge in [0.1, 0.15) is 11.4 Å². The lowest BCUT2D eigenvalue weighted by molar-refractivity contribution is -0.384. The van der Waals surface area contributed by atoms with Crippen LogP contribution in [0.5, 0.6) is 11.5 Å². The number of para-hydroxylation sites is 1. The minimum absolute atomic E-state index is 0.0462. The van der Waals surface area contributed by atoms with Gasteiger partial charge >= 0.3 is 12.0 Å². The van der Waals surface area contributed by atoms with Crippen molar-refractivity contribution in [3.8, 4) is 11.5 Å². The number of benzene rings is 3. The molecular weight excluding hydrogens is 525 g/mol. The molecule has 202 valence electrons. The maximum absolute atomic E-state index is 14.3. The van der Waals surface area contributed by atoms with Gasteiger partial charge in [-0.25, -0.2) is 18.9 Å². The molecule has 0 spiro atoms. The first-order chi connectivity index (χ1) is 19.2. The van der Waals surface area contributed by atoms with E-state index in [0.717, 1.165) is 12.1 Å². The van der Waals surface area contributed by atoms with Crippen molar-refractivity contribution in [3.63, 3.8) is 0 Å². The van der Waals surface area contributed by atoms with Crippen molar-refractivity contribution in [3.05, 3.63) is 105 Å². The van der Waals surface area contributed by atoms with Gasteiger partial charge in [0.2, 0.25) is 0 Å². The molecule has 0 aromatic heterocycles. The summed E-state index contributed by atoms with van der Waals surface area (Å²) >= 11 is 0. The van der Waals surface area contributed by atoms with Crippen molar-refractivity contribution in [2.24, 2.45) is 0 Å². The number of carbonyl (C=O) groups excluding carboxylic acids is 4. The van der Waals surface area contributed by atoms with Crippen LogP contribution in [0.1, 0.15) is 18.1 Å². The summed E-state index contributed by atoms with van der Waals surface area (Å²) in [5.41, 5.74) is -0.00231. The number of urea groups is 1. The highest BCUT2D eigenvalue weighted by molar-refractivity contribution is 6.39.